The zero-order valence-corrected chi connectivity index (χ0v) is 19.7. The third-order valence-corrected chi connectivity index (χ3v) is 9.57. The summed E-state index contributed by atoms with van der Waals surface area (Å²) in [6.45, 7) is 4.04. The number of rotatable bonds is 5. The van der Waals surface area contributed by atoms with Crippen molar-refractivity contribution in [2.75, 3.05) is 5.75 Å². The molecule has 4 nitrogen and oxygen atoms in total. The van der Waals surface area contributed by atoms with Gasteiger partial charge < -0.3 is 0 Å². The lowest BCUT2D eigenvalue weighted by Gasteiger charge is -2.51. The van der Waals surface area contributed by atoms with Crippen LogP contribution >= 0.6 is 0 Å². The third kappa shape index (κ3) is 2.61. The lowest BCUT2D eigenvalue weighted by atomic mass is 9.49. The highest BCUT2D eigenvalue weighted by Crippen LogP contribution is 2.78. The Bertz CT molecular complexity index is 1260. The zero-order chi connectivity index (χ0) is 23.5. The fourth-order valence-corrected chi connectivity index (χ4v) is 8.67. The highest BCUT2D eigenvalue weighted by molar-refractivity contribution is 7.85. The Morgan fingerprint density at radius 1 is 0.727 bits per heavy atom. The molecule has 3 aromatic rings. The van der Waals surface area contributed by atoms with E-state index in [1.807, 2.05) is 92.7 Å². The molecule has 2 aliphatic carbocycles. The van der Waals surface area contributed by atoms with Crippen molar-refractivity contribution < 1.29 is 17.8 Å². The molecule has 2 bridgehead atoms. The van der Waals surface area contributed by atoms with Crippen LogP contribution in [-0.4, -0.2) is 24.5 Å². The molecule has 2 atom stereocenters. The van der Waals surface area contributed by atoms with E-state index >= 15 is 0 Å². The average molecular weight is 461 g/mol. The molecule has 5 rings (SSSR count). The SMILES string of the molecule is CC1(C)C2(CS(=O)(=O)O)CCC1(c1ccccc1)C(c1ccccc1)(c1ccccc1)C2=O. The minimum Gasteiger partial charge on any atom is -0.298 e. The van der Waals surface area contributed by atoms with Crippen molar-refractivity contribution in [2.45, 2.75) is 37.5 Å². The minimum atomic E-state index is -4.40. The molecule has 2 saturated carbocycles. The maximum Gasteiger partial charge on any atom is 0.265 e. The Labute approximate surface area is 195 Å². The van der Waals surface area contributed by atoms with E-state index < -0.39 is 37.5 Å². The van der Waals surface area contributed by atoms with Gasteiger partial charge in [0.15, 0.2) is 5.78 Å². The van der Waals surface area contributed by atoms with Crippen LogP contribution in [0.25, 0.3) is 0 Å². The van der Waals surface area contributed by atoms with E-state index in [1.54, 1.807) is 0 Å². The van der Waals surface area contributed by atoms with E-state index in [0.717, 1.165) is 16.7 Å². The molecular weight excluding hydrogens is 432 g/mol. The molecule has 2 fully saturated rings. The molecule has 170 valence electrons. The van der Waals surface area contributed by atoms with Crippen molar-refractivity contribution in [1.29, 1.82) is 0 Å². The predicted molar refractivity (Wildman–Crippen MR) is 129 cm³/mol. The van der Waals surface area contributed by atoms with Crippen LogP contribution in [0.3, 0.4) is 0 Å². The van der Waals surface area contributed by atoms with E-state index in [0.29, 0.717) is 12.8 Å². The Kier molecular flexibility index (Phi) is 4.76. The molecule has 33 heavy (non-hydrogen) atoms. The Morgan fingerprint density at radius 3 is 1.58 bits per heavy atom. The second-order valence-electron chi connectivity index (χ2n) is 10.0. The van der Waals surface area contributed by atoms with Crippen LogP contribution in [0.4, 0.5) is 0 Å². The largest absolute Gasteiger partial charge is 0.298 e. The van der Waals surface area contributed by atoms with Gasteiger partial charge in [-0.2, -0.15) is 8.42 Å². The fourth-order valence-electron chi connectivity index (χ4n) is 7.41. The minimum absolute atomic E-state index is 0.120. The fraction of sp³-hybridized carbons (Fsp3) is 0.321. The predicted octanol–water partition coefficient (Wildman–Crippen LogP) is 5.19. The number of Topliss-reactive ketones (excluding diaryl/α,β-unsaturated/α-hetero) is 1. The van der Waals surface area contributed by atoms with Crippen LogP contribution in [-0.2, 0) is 25.7 Å². The summed E-state index contributed by atoms with van der Waals surface area (Å²) in [4.78, 5) is 14.9. The molecule has 2 aliphatic rings. The molecule has 2 unspecified atom stereocenters. The van der Waals surface area contributed by atoms with Gasteiger partial charge in [-0.3, -0.25) is 9.35 Å². The smallest absolute Gasteiger partial charge is 0.265 e. The van der Waals surface area contributed by atoms with Crippen LogP contribution in [0.2, 0.25) is 0 Å². The average Bonchev–Trinajstić information content (AvgIpc) is 3.10. The van der Waals surface area contributed by atoms with Crippen LogP contribution in [0, 0.1) is 10.8 Å². The van der Waals surface area contributed by atoms with E-state index in [4.69, 9.17) is 0 Å². The van der Waals surface area contributed by atoms with Crippen LogP contribution in [0.15, 0.2) is 91.0 Å². The summed E-state index contributed by atoms with van der Waals surface area (Å²) in [6.07, 6.45) is 1.05. The van der Waals surface area contributed by atoms with Gasteiger partial charge in [-0.25, -0.2) is 0 Å². The standard InChI is InChI=1S/C28H28O4S/c1-25(2)26(20-33(30,31)32)18-19-27(25,21-12-6-3-7-13-21)28(24(26)29,22-14-8-4-9-15-22)23-16-10-5-11-17-23/h3-17H,18-20H2,1-2H3,(H,30,31,32). The summed E-state index contributed by atoms with van der Waals surface area (Å²) in [5.41, 5.74) is -1.03. The molecule has 0 aromatic heterocycles. The van der Waals surface area contributed by atoms with Crippen molar-refractivity contribution in [2.24, 2.45) is 10.8 Å². The van der Waals surface area contributed by atoms with Gasteiger partial charge in [0.05, 0.1) is 16.6 Å². The molecule has 0 heterocycles. The third-order valence-electron chi connectivity index (χ3n) is 8.71. The van der Waals surface area contributed by atoms with Gasteiger partial charge in [-0.15, -0.1) is 0 Å². The molecule has 0 radical (unpaired) electrons. The number of fused-ring (bicyclic) bond motifs is 2. The van der Waals surface area contributed by atoms with Crippen molar-refractivity contribution in [3.8, 4) is 0 Å². The first kappa shape index (κ1) is 22.1. The number of carbonyl (C=O) groups excluding carboxylic acids is 1. The van der Waals surface area contributed by atoms with Gasteiger partial charge in [-0.05, 0) is 34.9 Å². The molecule has 0 saturated heterocycles. The van der Waals surface area contributed by atoms with Crippen molar-refractivity contribution in [1.82, 2.24) is 0 Å². The molecule has 5 heteroatoms. The van der Waals surface area contributed by atoms with E-state index in [-0.39, 0.29) is 5.78 Å². The number of hydrogen-bond acceptors (Lipinski definition) is 3. The first-order valence-corrected chi connectivity index (χ1v) is 12.9. The first-order chi connectivity index (χ1) is 15.6. The van der Waals surface area contributed by atoms with Gasteiger partial charge in [-0.1, -0.05) is 105 Å². The molecule has 3 aromatic carbocycles. The Hall–Kier alpha value is -2.76. The number of carbonyl (C=O) groups is 1. The summed E-state index contributed by atoms with van der Waals surface area (Å²) in [7, 11) is -4.40. The summed E-state index contributed by atoms with van der Waals surface area (Å²) >= 11 is 0. The summed E-state index contributed by atoms with van der Waals surface area (Å²) < 4.78 is 34.7. The highest BCUT2D eigenvalue weighted by atomic mass is 32.2. The van der Waals surface area contributed by atoms with Crippen LogP contribution < -0.4 is 0 Å². The van der Waals surface area contributed by atoms with E-state index in [2.05, 4.69) is 12.1 Å². The second kappa shape index (κ2) is 7.12. The number of ketones is 1. The highest BCUT2D eigenvalue weighted by Gasteiger charge is 2.83. The van der Waals surface area contributed by atoms with Crippen molar-refractivity contribution in [3.05, 3.63) is 108 Å². The van der Waals surface area contributed by atoms with Gasteiger partial charge in [0.1, 0.15) is 0 Å². The van der Waals surface area contributed by atoms with Gasteiger partial charge >= 0.3 is 0 Å². The molecule has 0 spiro atoms. The van der Waals surface area contributed by atoms with Crippen molar-refractivity contribution in [3.63, 3.8) is 0 Å². The maximum absolute atomic E-state index is 14.9. The second-order valence-corrected chi connectivity index (χ2v) is 11.5. The maximum atomic E-state index is 14.9. The number of hydrogen-bond donors (Lipinski definition) is 1. The first-order valence-electron chi connectivity index (χ1n) is 11.3. The lowest BCUT2D eigenvalue weighted by Crippen LogP contribution is -2.55. The Balaban J connectivity index is 1.98. The zero-order valence-electron chi connectivity index (χ0n) is 18.9. The lowest BCUT2D eigenvalue weighted by molar-refractivity contribution is -0.132. The van der Waals surface area contributed by atoms with Gasteiger partial charge in [0.2, 0.25) is 0 Å². The summed E-state index contributed by atoms with van der Waals surface area (Å²) in [5.74, 6) is -0.688. The molecule has 1 N–H and O–H groups in total. The van der Waals surface area contributed by atoms with E-state index in [9.17, 15) is 17.8 Å². The monoisotopic (exact) mass is 460 g/mol. The summed E-state index contributed by atoms with van der Waals surface area (Å²) in [6, 6.07) is 29.5. The Morgan fingerprint density at radius 2 is 1.15 bits per heavy atom. The number of benzene rings is 3. The van der Waals surface area contributed by atoms with Crippen molar-refractivity contribution >= 4 is 15.9 Å². The topological polar surface area (TPSA) is 71.4 Å². The van der Waals surface area contributed by atoms with Crippen LogP contribution in [0.5, 0.6) is 0 Å². The molecular formula is C28H28O4S. The van der Waals surface area contributed by atoms with E-state index in [1.165, 1.54) is 0 Å². The van der Waals surface area contributed by atoms with Gasteiger partial charge in [0.25, 0.3) is 10.1 Å². The van der Waals surface area contributed by atoms with Crippen LogP contribution in [0.1, 0.15) is 43.4 Å². The molecule has 0 amide bonds. The summed E-state index contributed by atoms with van der Waals surface area (Å²) in [5, 5.41) is 0. The van der Waals surface area contributed by atoms with Gasteiger partial charge in [0, 0.05) is 5.41 Å². The quantitative estimate of drug-likeness (QED) is 0.532. The molecule has 0 aliphatic heterocycles. The normalized spacial score (nSPS) is 27.5.